The van der Waals surface area contributed by atoms with Crippen molar-refractivity contribution in [3.63, 3.8) is 0 Å². The molecule has 2 aromatic rings. The van der Waals surface area contributed by atoms with Crippen LogP contribution in [0.25, 0.3) is 0 Å². The third kappa shape index (κ3) is 5.37. The van der Waals surface area contributed by atoms with Gasteiger partial charge in [-0.2, -0.15) is 0 Å². The molecule has 7 heteroatoms. The highest BCUT2D eigenvalue weighted by molar-refractivity contribution is 7.98. The number of rotatable bonds is 7. The molecule has 0 aromatic heterocycles. The second kappa shape index (κ2) is 9.11. The number of nitrogens with one attached hydrogen (secondary N) is 2. The monoisotopic (exact) mass is 420 g/mol. The van der Waals surface area contributed by atoms with Gasteiger partial charge in [0, 0.05) is 16.9 Å². The van der Waals surface area contributed by atoms with Gasteiger partial charge in [-0.05, 0) is 61.9 Å². The summed E-state index contributed by atoms with van der Waals surface area (Å²) < 4.78 is 28.5. The van der Waals surface area contributed by atoms with Crippen LogP contribution in [-0.4, -0.2) is 20.6 Å². The Morgan fingerprint density at radius 2 is 1.68 bits per heavy atom. The molecule has 152 valence electrons. The second-order valence-electron chi connectivity index (χ2n) is 7.19. The Morgan fingerprint density at radius 3 is 2.25 bits per heavy atom. The molecule has 2 aromatic carbocycles. The van der Waals surface area contributed by atoms with Gasteiger partial charge < -0.3 is 5.32 Å². The SMILES string of the molecule is CSc1ccc(S(=O)(=O)N[C@H](C)c2ccc(C)c(C)c2)cc1NC(=O)C(C)C. The van der Waals surface area contributed by atoms with Crippen molar-refractivity contribution in [1.82, 2.24) is 4.72 Å². The maximum atomic E-state index is 12.9. The molecular weight excluding hydrogens is 392 g/mol. The summed E-state index contributed by atoms with van der Waals surface area (Å²) in [6, 6.07) is 10.3. The molecule has 2 N–H and O–H groups in total. The van der Waals surface area contributed by atoms with Crippen molar-refractivity contribution in [3.05, 3.63) is 53.1 Å². The van der Waals surface area contributed by atoms with E-state index < -0.39 is 10.0 Å². The summed E-state index contributed by atoms with van der Waals surface area (Å²) in [7, 11) is -3.74. The average Bonchev–Trinajstić information content (AvgIpc) is 2.63. The quantitative estimate of drug-likeness (QED) is 0.639. The number of amides is 1. The molecule has 0 aliphatic carbocycles. The van der Waals surface area contributed by atoms with Gasteiger partial charge in [-0.25, -0.2) is 13.1 Å². The fourth-order valence-electron chi connectivity index (χ4n) is 2.63. The lowest BCUT2D eigenvalue weighted by molar-refractivity contribution is -0.118. The molecule has 0 saturated heterocycles. The zero-order valence-corrected chi connectivity index (χ0v) is 18.8. The molecule has 0 fully saturated rings. The van der Waals surface area contributed by atoms with E-state index in [1.807, 2.05) is 45.2 Å². The summed E-state index contributed by atoms with van der Waals surface area (Å²) in [4.78, 5) is 13.0. The minimum Gasteiger partial charge on any atom is -0.325 e. The van der Waals surface area contributed by atoms with E-state index in [1.165, 1.54) is 17.8 Å². The van der Waals surface area contributed by atoms with Gasteiger partial charge in [-0.3, -0.25) is 4.79 Å². The Labute approximate surface area is 172 Å². The van der Waals surface area contributed by atoms with Crippen LogP contribution < -0.4 is 10.0 Å². The van der Waals surface area contributed by atoms with E-state index >= 15 is 0 Å². The number of benzene rings is 2. The van der Waals surface area contributed by atoms with E-state index in [2.05, 4.69) is 10.0 Å². The molecule has 0 heterocycles. The van der Waals surface area contributed by atoms with Crippen molar-refractivity contribution >= 4 is 33.4 Å². The Balaban J connectivity index is 2.31. The van der Waals surface area contributed by atoms with Gasteiger partial charge in [-0.1, -0.05) is 32.0 Å². The minimum absolute atomic E-state index is 0.125. The molecule has 5 nitrogen and oxygen atoms in total. The third-order valence-electron chi connectivity index (χ3n) is 4.63. The normalized spacial score (nSPS) is 12.8. The minimum atomic E-state index is -3.74. The molecule has 1 amide bonds. The predicted octanol–water partition coefficient (Wildman–Crippen LogP) is 4.66. The molecule has 1 atom stereocenters. The number of hydrogen-bond donors (Lipinski definition) is 2. The lowest BCUT2D eigenvalue weighted by Gasteiger charge is -2.17. The van der Waals surface area contributed by atoms with Crippen molar-refractivity contribution < 1.29 is 13.2 Å². The zero-order valence-electron chi connectivity index (χ0n) is 17.2. The van der Waals surface area contributed by atoms with Gasteiger partial charge in [0.15, 0.2) is 0 Å². The van der Waals surface area contributed by atoms with Crippen molar-refractivity contribution in [3.8, 4) is 0 Å². The number of carbonyl (C=O) groups excluding carboxylic acids is 1. The average molecular weight is 421 g/mol. The first-order valence-corrected chi connectivity index (χ1v) is 11.8. The molecule has 0 aliphatic rings. The summed E-state index contributed by atoms with van der Waals surface area (Å²) >= 11 is 1.45. The summed E-state index contributed by atoms with van der Waals surface area (Å²) in [5.41, 5.74) is 3.69. The van der Waals surface area contributed by atoms with Crippen LogP contribution in [0.3, 0.4) is 0 Å². The number of carbonyl (C=O) groups is 1. The van der Waals surface area contributed by atoms with E-state index in [4.69, 9.17) is 0 Å². The topological polar surface area (TPSA) is 75.3 Å². The highest BCUT2D eigenvalue weighted by Crippen LogP contribution is 2.29. The maximum Gasteiger partial charge on any atom is 0.241 e. The molecule has 0 saturated carbocycles. The largest absolute Gasteiger partial charge is 0.325 e. The highest BCUT2D eigenvalue weighted by Gasteiger charge is 2.21. The summed E-state index contributed by atoms with van der Waals surface area (Å²) in [6.45, 7) is 9.43. The Kier molecular flexibility index (Phi) is 7.31. The van der Waals surface area contributed by atoms with Crippen molar-refractivity contribution in [2.45, 2.75) is 50.5 Å². The van der Waals surface area contributed by atoms with Gasteiger partial charge >= 0.3 is 0 Å². The Hall–Kier alpha value is -1.83. The number of sulfonamides is 1. The van der Waals surface area contributed by atoms with Crippen LogP contribution in [-0.2, 0) is 14.8 Å². The molecule has 0 radical (unpaired) electrons. The van der Waals surface area contributed by atoms with Crippen LogP contribution in [0.1, 0.15) is 43.5 Å². The smallest absolute Gasteiger partial charge is 0.241 e. The van der Waals surface area contributed by atoms with E-state index in [0.29, 0.717) is 5.69 Å². The van der Waals surface area contributed by atoms with Crippen LogP contribution >= 0.6 is 11.8 Å². The van der Waals surface area contributed by atoms with Gasteiger partial charge in [0.05, 0.1) is 10.6 Å². The molecule has 0 spiro atoms. The van der Waals surface area contributed by atoms with E-state index in [0.717, 1.165) is 21.6 Å². The van der Waals surface area contributed by atoms with E-state index in [-0.39, 0.29) is 22.8 Å². The van der Waals surface area contributed by atoms with Gasteiger partial charge in [0.25, 0.3) is 0 Å². The molecule has 2 rings (SSSR count). The van der Waals surface area contributed by atoms with Crippen LogP contribution in [0.5, 0.6) is 0 Å². The highest BCUT2D eigenvalue weighted by atomic mass is 32.2. The number of hydrogen-bond acceptors (Lipinski definition) is 4. The fourth-order valence-corrected chi connectivity index (χ4v) is 4.42. The first-order valence-electron chi connectivity index (χ1n) is 9.13. The molecule has 0 unspecified atom stereocenters. The molecule has 0 aliphatic heterocycles. The maximum absolute atomic E-state index is 12.9. The van der Waals surface area contributed by atoms with Gasteiger partial charge in [0.1, 0.15) is 0 Å². The predicted molar refractivity (Wildman–Crippen MR) is 116 cm³/mol. The standard InChI is InChI=1S/C21H28N2O3S2/c1-13(2)21(24)22-19-12-18(9-10-20(19)27-6)28(25,26)23-16(5)17-8-7-14(3)15(4)11-17/h7-13,16,23H,1-6H3,(H,22,24)/t16-/m1/s1. The first kappa shape index (κ1) is 22.5. The first-order chi connectivity index (χ1) is 13.0. The van der Waals surface area contributed by atoms with Crippen molar-refractivity contribution in [2.24, 2.45) is 5.92 Å². The van der Waals surface area contributed by atoms with Crippen molar-refractivity contribution in [1.29, 1.82) is 0 Å². The molecule has 0 bridgehead atoms. The lowest BCUT2D eigenvalue weighted by atomic mass is 10.0. The van der Waals surface area contributed by atoms with E-state index in [9.17, 15) is 13.2 Å². The van der Waals surface area contributed by atoms with Crippen LogP contribution in [0.4, 0.5) is 5.69 Å². The van der Waals surface area contributed by atoms with Gasteiger partial charge in [0.2, 0.25) is 15.9 Å². The zero-order chi connectivity index (χ0) is 21.1. The Bertz CT molecular complexity index is 970. The lowest BCUT2D eigenvalue weighted by Crippen LogP contribution is -2.27. The summed E-state index contributed by atoms with van der Waals surface area (Å²) in [5, 5.41) is 2.82. The summed E-state index contributed by atoms with van der Waals surface area (Å²) in [6.07, 6.45) is 1.88. The van der Waals surface area contributed by atoms with Crippen LogP contribution in [0.2, 0.25) is 0 Å². The Morgan fingerprint density at radius 1 is 1.00 bits per heavy atom. The summed E-state index contributed by atoms with van der Waals surface area (Å²) in [5.74, 6) is -0.348. The van der Waals surface area contributed by atoms with Crippen molar-refractivity contribution in [2.75, 3.05) is 11.6 Å². The molecular formula is C21H28N2O3S2. The van der Waals surface area contributed by atoms with E-state index in [1.54, 1.807) is 26.0 Å². The van der Waals surface area contributed by atoms with Crippen LogP contribution in [0, 0.1) is 19.8 Å². The number of thioether (sulfide) groups is 1. The van der Waals surface area contributed by atoms with Crippen LogP contribution in [0.15, 0.2) is 46.2 Å². The number of aryl methyl sites for hydroxylation is 2. The fraction of sp³-hybridized carbons (Fsp3) is 0.381. The van der Waals surface area contributed by atoms with Gasteiger partial charge in [-0.15, -0.1) is 11.8 Å². The molecule has 28 heavy (non-hydrogen) atoms. The number of anilines is 1. The second-order valence-corrected chi connectivity index (χ2v) is 9.75. The third-order valence-corrected chi connectivity index (χ3v) is 6.96.